The molecule has 1 aliphatic rings. The van der Waals surface area contributed by atoms with Gasteiger partial charge in [0.05, 0.1) is 0 Å². The number of hydrogen-bond acceptors (Lipinski definition) is 3. The van der Waals surface area contributed by atoms with Crippen LogP contribution in [0.3, 0.4) is 0 Å². The first-order chi connectivity index (χ1) is 13.2. The van der Waals surface area contributed by atoms with Gasteiger partial charge in [-0.25, -0.2) is 4.98 Å². The third kappa shape index (κ3) is 7.53. The minimum absolute atomic E-state index is 0.344. The van der Waals surface area contributed by atoms with Crippen molar-refractivity contribution in [3.8, 4) is 0 Å². The lowest BCUT2D eigenvalue weighted by Gasteiger charge is -2.27. The van der Waals surface area contributed by atoms with Crippen LogP contribution < -0.4 is 10.6 Å². The van der Waals surface area contributed by atoms with Crippen LogP contribution in [0, 0.1) is 12.3 Å². The van der Waals surface area contributed by atoms with Gasteiger partial charge in [0.25, 0.3) is 0 Å². The molecular weight excluding hydrogens is 338 g/mol. The first-order valence-electron chi connectivity index (χ1n) is 10.8. The Kier molecular flexibility index (Phi) is 9.67. The lowest BCUT2D eigenvalue weighted by atomic mass is 9.83. The molecule has 0 spiro atoms. The molecule has 0 aromatic carbocycles. The van der Waals surface area contributed by atoms with Gasteiger partial charge in [-0.2, -0.15) is 0 Å². The van der Waals surface area contributed by atoms with Crippen LogP contribution in [0.2, 0.25) is 0 Å². The van der Waals surface area contributed by atoms with E-state index in [9.17, 15) is 0 Å². The summed E-state index contributed by atoms with van der Waals surface area (Å²) in [6.45, 7) is 11.7. The summed E-state index contributed by atoms with van der Waals surface area (Å²) < 4.78 is 7.83. The zero-order valence-corrected chi connectivity index (χ0v) is 17.6. The Balaban J connectivity index is 1.75. The van der Waals surface area contributed by atoms with Crippen molar-refractivity contribution >= 4 is 5.96 Å². The summed E-state index contributed by atoms with van der Waals surface area (Å²) in [5.41, 5.74) is 0.344. The minimum Gasteiger partial charge on any atom is -0.382 e. The fraction of sp³-hybridized carbons (Fsp3) is 0.810. The van der Waals surface area contributed by atoms with Crippen molar-refractivity contribution in [1.82, 2.24) is 20.2 Å². The fourth-order valence-electron chi connectivity index (χ4n) is 3.89. The Hall–Kier alpha value is -1.56. The first-order valence-corrected chi connectivity index (χ1v) is 10.8. The van der Waals surface area contributed by atoms with E-state index in [1.807, 2.05) is 6.20 Å². The summed E-state index contributed by atoms with van der Waals surface area (Å²) in [4.78, 5) is 9.20. The highest BCUT2D eigenvalue weighted by molar-refractivity contribution is 5.79. The van der Waals surface area contributed by atoms with E-state index in [0.29, 0.717) is 5.41 Å². The molecule has 1 heterocycles. The molecule has 154 valence electrons. The van der Waals surface area contributed by atoms with Crippen LogP contribution in [0.25, 0.3) is 0 Å². The Bertz CT molecular complexity index is 549. The second-order valence-corrected chi connectivity index (χ2v) is 7.65. The number of guanidine groups is 1. The first kappa shape index (κ1) is 21.7. The second-order valence-electron chi connectivity index (χ2n) is 7.65. The largest absolute Gasteiger partial charge is 0.382 e. The maximum atomic E-state index is 5.62. The molecule has 1 saturated carbocycles. The number of hydrogen-bond donors (Lipinski definition) is 2. The smallest absolute Gasteiger partial charge is 0.191 e. The van der Waals surface area contributed by atoms with Gasteiger partial charge in [-0.1, -0.05) is 12.8 Å². The molecule has 1 aromatic heterocycles. The molecule has 0 amide bonds. The molecule has 1 aliphatic carbocycles. The van der Waals surface area contributed by atoms with Gasteiger partial charge in [0.15, 0.2) is 5.96 Å². The Labute approximate surface area is 165 Å². The molecule has 6 heteroatoms. The number of aryl methyl sites for hydroxylation is 2. The van der Waals surface area contributed by atoms with Crippen molar-refractivity contribution in [2.75, 3.05) is 32.8 Å². The van der Waals surface area contributed by atoms with E-state index in [2.05, 4.69) is 47.2 Å². The predicted molar refractivity (Wildman–Crippen MR) is 112 cm³/mol. The van der Waals surface area contributed by atoms with Crippen LogP contribution in [-0.4, -0.2) is 48.4 Å². The van der Waals surface area contributed by atoms with Gasteiger partial charge >= 0.3 is 0 Å². The predicted octanol–water partition coefficient (Wildman–Crippen LogP) is 3.51. The highest BCUT2D eigenvalue weighted by atomic mass is 16.5. The highest BCUT2D eigenvalue weighted by Gasteiger charge is 2.33. The molecule has 1 aromatic rings. The number of imidazole rings is 1. The van der Waals surface area contributed by atoms with Crippen LogP contribution in [0.4, 0.5) is 0 Å². The molecule has 0 atom stereocenters. The van der Waals surface area contributed by atoms with E-state index in [4.69, 9.17) is 9.73 Å². The molecule has 27 heavy (non-hydrogen) atoms. The summed E-state index contributed by atoms with van der Waals surface area (Å²) in [5.74, 6) is 2.05. The van der Waals surface area contributed by atoms with Crippen LogP contribution in [0.1, 0.15) is 64.6 Å². The maximum Gasteiger partial charge on any atom is 0.191 e. The molecule has 0 bridgehead atoms. The number of unbranched alkanes of at least 4 members (excludes halogenated alkanes) is 1. The monoisotopic (exact) mass is 377 g/mol. The molecule has 0 unspecified atom stereocenters. The lowest BCUT2D eigenvalue weighted by molar-refractivity contribution is 0.107. The number of rotatable bonds is 12. The summed E-state index contributed by atoms with van der Waals surface area (Å²) in [6.07, 6.45) is 12.6. The normalized spacial score (nSPS) is 16.6. The number of nitrogens with one attached hydrogen (secondary N) is 2. The van der Waals surface area contributed by atoms with Gasteiger partial charge in [-0.15, -0.1) is 0 Å². The highest BCUT2D eigenvalue weighted by Crippen LogP contribution is 2.41. The standard InChI is InChI=1S/C21H39N5O/c1-4-22-20(24-13-8-9-15-26-16-14-23-19(26)3)25-18-21(10-6-7-11-21)12-17-27-5-2/h14,16H,4-13,15,17-18H2,1-3H3,(H2,22,24,25). The van der Waals surface area contributed by atoms with Crippen LogP contribution in [0.15, 0.2) is 17.4 Å². The third-order valence-electron chi connectivity index (χ3n) is 5.60. The Morgan fingerprint density at radius 1 is 1.26 bits per heavy atom. The Morgan fingerprint density at radius 2 is 2.07 bits per heavy atom. The van der Waals surface area contributed by atoms with Gasteiger partial charge < -0.3 is 19.9 Å². The summed E-state index contributed by atoms with van der Waals surface area (Å²) in [7, 11) is 0. The van der Waals surface area contributed by atoms with Gasteiger partial charge in [0.1, 0.15) is 5.82 Å². The van der Waals surface area contributed by atoms with Crippen molar-refractivity contribution in [3.63, 3.8) is 0 Å². The molecule has 0 radical (unpaired) electrons. The summed E-state index contributed by atoms with van der Waals surface area (Å²) in [6, 6.07) is 0. The molecule has 2 N–H and O–H groups in total. The summed E-state index contributed by atoms with van der Waals surface area (Å²) in [5, 5.41) is 6.90. The quantitative estimate of drug-likeness (QED) is 0.332. The molecule has 0 aliphatic heterocycles. The number of nitrogens with zero attached hydrogens (tertiary/aromatic N) is 3. The van der Waals surface area contributed by atoms with E-state index in [-0.39, 0.29) is 0 Å². The van der Waals surface area contributed by atoms with Crippen molar-refractivity contribution in [2.45, 2.75) is 72.3 Å². The average Bonchev–Trinajstić information content (AvgIpc) is 3.29. The van der Waals surface area contributed by atoms with E-state index in [1.54, 1.807) is 0 Å². The van der Waals surface area contributed by atoms with E-state index < -0.39 is 0 Å². The fourth-order valence-corrected chi connectivity index (χ4v) is 3.89. The second kappa shape index (κ2) is 12.0. The van der Waals surface area contributed by atoms with Crippen molar-refractivity contribution in [3.05, 3.63) is 18.2 Å². The molecule has 1 fully saturated rings. The topological polar surface area (TPSA) is 63.5 Å². The number of ether oxygens (including phenoxy) is 1. The van der Waals surface area contributed by atoms with Crippen LogP contribution in [-0.2, 0) is 11.3 Å². The summed E-state index contributed by atoms with van der Waals surface area (Å²) >= 11 is 0. The zero-order valence-electron chi connectivity index (χ0n) is 17.6. The number of aromatic nitrogens is 2. The molecular formula is C21H39N5O. The molecule has 2 rings (SSSR count). The van der Waals surface area contributed by atoms with Gasteiger partial charge in [0, 0.05) is 51.8 Å². The van der Waals surface area contributed by atoms with Gasteiger partial charge in [0.2, 0.25) is 0 Å². The van der Waals surface area contributed by atoms with Crippen molar-refractivity contribution in [1.29, 1.82) is 0 Å². The SMILES string of the molecule is CCNC(=NCC1(CCOCC)CCCC1)NCCCCn1ccnc1C. The Morgan fingerprint density at radius 3 is 2.74 bits per heavy atom. The van der Waals surface area contributed by atoms with Crippen LogP contribution in [0.5, 0.6) is 0 Å². The van der Waals surface area contributed by atoms with Crippen LogP contribution >= 0.6 is 0 Å². The zero-order chi connectivity index (χ0) is 19.4. The van der Waals surface area contributed by atoms with E-state index in [0.717, 1.165) is 70.4 Å². The molecule has 0 saturated heterocycles. The van der Waals surface area contributed by atoms with Gasteiger partial charge in [-0.05, 0) is 58.3 Å². The third-order valence-corrected chi connectivity index (χ3v) is 5.60. The maximum absolute atomic E-state index is 5.62. The van der Waals surface area contributed by atoms with Crippen molar-refractivity contribution in [2.24, 2.45) is 10.4 Å². The average molecular weight is 378 g/mol. The van der Waals surface area contributed by atoms with E-state index >= 15 is 0 Å². The van der Waals surface area contributed by atoms with Gasteiger partial charge in [-0.3, -0.25) is 4.99 Å². The molecule has 6 nitrogen and oxygen atoms in total. The lowest BCUT2D eigenvalue weighted by Crippen LogP contribution is -2.39. The van der Waals surface area contributed by atoms with E-state index in [1.165, 1.54) is 25.7 Å². The van der Waals surface area contributed by atoms with Crippen molar-refractivity contribution < 1.29 is 4.74 Å². The minimum atomic E-state index is 0.344. The number of aliphatic imine (C=N–C) groups is 1.